The largest absolute Gasteiger partial charge is 0.508 e. The van der Waals surface area contributed by atoms with Crippen LogP contribution in [0.1, 0.15) is 52.6 Å². The maximum atomic E-state index is 13.7. The van der Waals surface area contributed by atoms with E-state index in [1.165, 1.54) is 31.4 Å². The Morgan fingerprint density at radius 2 is 1.69 bits per heavy atom. The van der Waals surface area contributed by atoms with E-state index in [2.05, 4.69) is 15.4 Å². The van der Waals surface area contributed by atoms with Crippen molar-refractivity contribution < 1.29 is 38.9 Å². The topological polar surface area (TPSA) is 154 Å². The number of alkyl carbamates (subject to hydrolysis) is 1. The zero-order valence-corrected chi connectivity index (χ0v) is 21.2. The summed E-state index contributed by atoms with van der Waals surface area (Å²) in [5.41, 5.74) is -0.463. The van der Waals surface area contributed by atoms with Crippen LogP contribution in [0.25, 0.3) is 0 Å². The summed E-state index contributed by atoms with van der Waals surface area (Å²) >= 11 is 0. The predicted octanol–water partition coefficient (Wildman–Crippen LogP) is 1.48. The van der Waals surface area contributed by atoms with Gasteiger partial charge < -0.3 is 35.2 Å². The molecule has 35 heavy (non-hydrogen) atoms. The van der Waals surface area contributed by atoms with Crippen molar-refractivity contribution in [1.82, 2.24) is 15.5 Å². The minimum Gasteiger partial charge on any atom is -0.508 e. The Morgan fingerprint density at radius 3 is 2.17 bits per heavy atom. The fourth-order valence-electron chi connectivity index (χ4n) is 3.27. The molecule has 0 aliphatic rings. The SMILES string of the molecule is COC(=O)CNC(=O)C(c1ccc(O)cc1)N(CCO)C(=O)C(CC(C)C)NC(=O)OC(C)(C)C. The molecule has 0 radical (unpaired) electrons. The molecule has 0 saturated heterocycles. The van der Waals surface area contributed by atoms with E-state index in [1.807, 2.05) is 13.8 Å². The van der Waals surface area contributed by atoms with E-state index >= 15 is 0 Å². The van der Waals surface area contributed by atoms with Crippen LogP contribution in [-0.2, 0) is 23.9 Å². The number of amides is 3. The Balaban J connectivity index is 3.38. The normalized spacial score (nSPS) is 12.9. The molecule has 3 amide bonds. The van der Waals surface area contributed by atoms with Crippen LogP contribution < -0.4 is 10.6 Å². The number of nitrogens with one attached hydrogen (secondary N) is 2. The molecule has 0 fully saturated rings. The number of aliphatic hydroxyl groups excluding tert-OH is 1. The standard InChI is InChI=1S/C24H37N3O8/c1-15(2)13-18(26-23(33)35-24(3,4)5)22(32)27(11-12-28)20(16-7-9-17(29)10-8-16)21(31)25-14-19(30)34-6/h7-10,15,18,20,28-29H,11-14H2,1-6H3,(H,25,31)(H,26,33). The van der Waals surface area contributed by atoms with Gasteiger partial charge in [-0.1, -0.05) is 26.0 Å². The number of hydrogen-bond acceptors (Lipinski definition) is 8. The van der Waals surface area contributed by atoms with E-state index in [4.69, 9.17) is 4.74 Å². The molecule has 1 aromatic rings. The van der Waals surface area contributed by atoms with Crippen LogP contribution in [0.5, 0.6) is 5.75 Å². The molecule has 2 unspecified atom stereocenters. The third-order valence-corrected chi connectivity index (χ3v) is 4.72. The van der Waals surface area contributed by atoms with E-state index < -0.39 is 54.7 Å². The van der Waals surface area contributed by atoms with Gasteiger partial charge in [0.2, 0.25) is 11.8 Å². The van der Waals surface area contributed by atoms with Gasteiger partial charge >= 0.3 is 12.1 Å². The predicted molar refractivity (Wildman–Crippen MR) is 127 cm³/mol. The number of hydrogen-bond donors (Lipinski definition) is 4. The first-order valence-electron chi connectivity index (χ1n) is 11.3. The Bertz CT molecular complexity index is 865. The first-order valence-corrected chi connectivity index (χ1v) is 11.3. The van der Waals surface area contributed by atoms with Crippen molar-refractivity contribution in [2.75, 3.05) is 26.8 Å². The second-order valence-corrected chi connectivity index (χ2v) is 9.37. The highest BCUT2D eigenvalue weighted by atomic mass is 16.6. The summed E-state index contributed by atoms with van der Waals surface area (Å²) in [7, 11) is 1.17. The lowest BCUT2D eigenvalue weighted by atomic mass is 9.99. The molecular weight excluding hydrogens is 458 g/mol. The first-order chi connectivity index (χ1) is 16.3. The van der Waals surface area contributed by atoms with Gasteiger partial charge in [0.25, 0.3) is 0 Å². The number of nitrogens with zero attached hydrogens (tertiary/aromatic N) is 1. The molecule has 0 aromatic heterocycles. The average Bonchev–Trinajstić information content (AvgIpc) is 2.75. The van der Waals surface area contributed by atoms with Gasteiger partial charge in [0, 0.05) is 6.54 Å². The summed E-state index contributed by atoms with van der Waals surface area (Å²) < 4.78 is 9.85. The lowest BCUT2D eigenvalue weighted by Gasteiger charge is -2.34. The number of phenolic OH excluding ortho intramolecular Hbond substituents is 1. The van der Waals surface area contributed by atoms with Gasteiger partial charge in [0.15, 0.2) is 0 Å². The summed E-state index contributed by atoms with van der Waals surface area (Å²) in [6.07, 6.45) is -0.553. The molecular formula is C24H37N3O8. The third kappa shape index (κ3) is 10.2. The number of benzene rings is 1. The quantitative estimate of drug-likeness (QED) is 0.337. The first kappa shape index (κ1) is 29.7. The number of carbonyl (C=O) groups is 4. The number of aliphatic hydroxyl groups is 1. The smallest absolute Gasteiger partial charge is 0.408 e. The van der Waals surface area contributed by atoms with E-state index in [0.717, 1.165) is 4.90 Å². The number of rotatable bonds is 11. The number of aromatic hydroxyl groups is 1. The maximum absolute atomic E-state index is 13.7. The summed E-state index contributed by atoms with van der Waals surface area (Å²) in [6, 6.07) is 3.28. The monoisotopic (exact) mass is 495 g/mol. The molecule has 0 heterocycles. The Labute approximate surface area is 205 Å². The highest BCUT2D eigenvalue weighted by molar-refractivity contribution is 5.93. The van der Waals surface area contributed by atoms with Gasteiger partial charge in [0.05, 0.1) is 13.7 Å². The molecule has 0 saturated carbocycles. The van der Waals surface area contributed by atoms with E-state index in [1.54, 1.807) is 20.8 Å². The summed E-state index contributed by atoms with van der Waals surface area (Å²) in [4.78, 5) is 52.0. The van der Waals surface area contributed by atoms with E-state index in [9.17, 15) is 29.4 Å². The molecule has 1 rings (SSSR count). The highest BCUT2D eigenvalue weighted by Crippen LogP contribution is 2.25. The van der Waals surface area contributed by atoms with E-state index in [-0.39, 0.29) is 24.6 Å². The molecule has 0 spiro atoms. The molecule has 1 aromatic carbocycles. The fraction of sp³-hybridized carbons (Fsp3) is 0.583. The fourth-order valence-corrected chi connectivity index (χ4v) is 3.27. The molecule has 196 valence electrons. The number of ether oxygens (including phenoxy) is 2. The van der Waals surface area contributed by atoms with Gasteiger partial charge in [-0.15, -0.1) is 0 Å². The average molecular weight is 496 g/mol. The second-order valence-electron chi connectivity index (χ2n) is 9.37. The van der Waals surface area contributed by atoms with Crippen LogP contribution in [0.3, 0.4) is 0 Å². The van der Waals surface area contributed by atoms with Crippen molar-refractivity contribution >= 4 is 23.9 Å². The number of carbonyl (C=O) groups excluding carboxylic acids is 4. The van der Waals surface area contributed by atoms with Gasteiger partial charge in [-0.3, -0.25) is 14.4 Å². The molecule has 11 nitrogen and oxygen atoms in total. The Morgan fingerprint density at radius 1 is 1.09 bits per heavy atom. The minimum atomic E-state index is -1.27. The van der Waals surface area contributed by atoms with Crippen LogP contribution in [0, 0.1) is 5.92 Å². The van der Waals surface area contributed by atoms with Crippen LogP contribution in [-0.4, -0.2) is 77.4 Å². The molecule has 2 atom stereocenters. The summed E-state index contributed by atoms with van der Waals surface area (Å²) in [5, 5.41) is 24.4. The number of phenols is 1. The number of methoxy groups -OCH3 is 1. The Hall–Kier alpha value is -3.34. The molecule has 0 aliphatic heterocycles. The Kier molecular flexibility index (Phi) is 11.5. The lowest BCUT2D eigenvalue weighted by molar-refractivity contribution is -0.145. The molecule has 0 aliphatic carbocycles. The minimum absolute atomic E-state index is 0.00450. The van der Waals surface area contributed by atoms with Crippen LogP contribution in [0.4, 0.5) is 4.79 Å². The number of esters is 1. The van der Waals surface area contributed by atoms with Gasteiger partial charge in [-0.2, -0.15) is 0 Å². The zero-order chi connectivity index (χ0) is 26.8. The highest BCUT2D eigenvalue weighted by Gasteiger charge is 2.36. The van der Waals surface area contributed by atoms with Gasteiger partial charge in [-0.25, -0.2) is 4.79 Å². The van der Waals surface area contributed by atoms with E-state index in [0.29, 0.717) is 5.56 Å². The maximum Gasteiger partial charge on any atom is 0.408 e. The van der Waals surface area contributed by atoms with Crippen molar-refractivity contribution in [3.05, 3.63) is 29.8 Å². The lowest BCUT2D eigenvalue weighted by Crippen LogP contribution is -2.54. The van der Waals surface area contributed by atoms with Crippen molar-refractivity contribution in [2.24, 2.45) is 5.92 Å². The van der Waals surface area contributed by atoms with Crippen LogP contribution in [0.2, 0.25) is 0 Å². The van der Waals surface area contributed by atoms with Crippen molar-refractivity contribution in [3.8, 4) is 5.75 Å². The molecule has 11 heteroatoms. The third-order valence-electron chi connectivity index (χ3n) is 4.72. The van der Waals surface area contributed by atoms with Crippen LogP contribution >= 0.6 is 0 Å². The van der Waals surface area contributed by atoms with Gasteiger partial charge in [-0.05, 0) is 50.8 Å². The zero-order valence-electron chi connectivity index (χ0n) is 21.2. The molecule has 0 bridgehead atoms. The van der Waals surface area contributed by atoms with Crippen molar-refractivity contribution in [2.45, 2.75) is 58.7 Å². The van der Waals surface area contributed by atoms with Crippen molar-refractivity contribution in [3.63, 3.8) is 0 Å². The summed E-state index contributed by atoms with van der Waals surface area (Å²) in [5.74, 6) is -2.07. The summed E-state index contributed by atoms with van der Waals surface area (Å²) in [6.45, 7) is 7.67. The molecule has 4 N–H and O–H groups in total. The second kappa shape index (κ2) is 13.5. The van der Waals surface area contributed by atoms with Crippen LogP contribution in [0.15, 0.2) is 24.3 Å². The van der Waals surface area contributed by atoms with Crippen molar-refractivity contribution in [1.29, 1.82) is 0 Å². The van der Waals surface area contributed by atoms with Gasteiger partial charge in [0.1, 0.15) is 30.0 Å².